The molecule has 0 saturated carbocycles. The minimum atomic E-state index is 0.133. The van der Waals surface area contributed by atoms with E-state index < -0.39 is 0 Å². The Kier molecular flexibility index (Phi) is 3.35. The van der Waals surface area contributed by atoms with E-state index in [0.29, 0.717) is 0 Å². The van der Waals surface area contributed by atoms with Crippen molar-refractivity contribution in [3.63, 3.8) is 0 Å². The third-order valence-electron chi connectivity index (χ3n) is 1.10. The second kappa shape index (κ2) is 2.99. The summed E-state index contributed by atoms with van der Waals surface area (Å²) in [6, 6.07) is 0. The summed E-state index contributed by atoms with van der Waals surface area (Å²) < 4.78 is 5.20. The molecule has 0 aromatic heterocycles. The minimum absolute atomic E-state index is 0.133. The quantitative estimate of drug-likeness (QED) is 0.698. The van der Waals surface area contributed by atoms with E-state index in [9.17, 15) is 0 Å². The zero-order chi connectivity index (χ0) is 5.91. The van der Waals surface area contributed by atoms with Crippen LogP contribution in [-0.4, -0.2) is 30.8 Å². The van der Waals surface area contributed by atoms with Gasteiger partial charge >= 0.3 is 60.8 Å². The number of hydrogen-bond acceptors (Lipinski definition) is 1. The molecule has 0 rings (SSSR count). The van der Waals surface area contributed by atoms with Gasteiger partial charge in [0.05, 0.1) is 0 Å². The molecule has 0 bridgehead atoms. The van der Waals surface area contributed by atoms with Crippen molar-refractivity contribution in [2.75, 3.05) is 0 Å². The topological polar surface area (TPSA) is 9.23 Å². The first-order valence-electron chi connectivity index (χ1n) is 2.45. The van der Waals surface area contributed by atoms with Crippen LogP contribution in [0.2, 0.25) is 0 Å². The predicted molar refractivity (Wildman–Crippen MR) is 31.2 cm³/mol. The Morgan fingerprint density at radius 3 is 2.00 bits per heavy atom. The van der Waals surface area contributed by atoms with Crippen LogP contribution in [-0.2, 0) is 2.81 Å². The Morgan fingerprint density at radius 1 is 1.57 bits per heavy atom. The molecule has 0 aliphatic carbocycles. The van der Waals surface area contributed by atoms with Gasteiger partial charge in [0.15, 0.2) is 0 Å². The molecular weight excluding hydrogens is 285 g/mol. The third-order valence-corrected chi connectivity index (χ3v) is 3.02. The van der Waals surface area contributed by atoms with Crippen LogP contribution in [0.3, 0.4) is 0 Å². The number of hydrogen-bond donors (Lipinski definition) is 0. The normalized spacial score (nSPS) is 12.0. The summed E-state index contributed by atoms with van der Waals surface area (Å²) in [4.78, 5) is 0. The first-order chi connectivity index (χ1) is 3.12. The molecule has 0 fully saturated rings. The van der Waals surface area contributed by atoms with Gasteiger partial charge < -0.3 is 0 Å². The van der Waals surface area contributed by atoms with Crippen LogP contribution in [0.15, 0.2) is 0 Å². The zero-order valence-corrected chi connectivity index (χ0v) is 8.54. The molecular formula is C5H11BiO. The van der Waals surface area contributed by atoms with Gasteiger partial charge in [-0.2, -0.15) is 0 Å². The number of rotatable bonds is 2. The van der Waals surface area contributed by atoms with Crippen molar-refractivity contribution in [3.8, 4) is 0 Å². The molecule has 0 aliphatic heterocycles. The SMILES string of the molecule is CCC(C)(C)[O][Bi]. The average molecular weight is 296 g/mol. The Bertz CT molecular complexity index is 46.0. The molecule has 0 saturated heterocycles. The molecule has 0 spiro atoms. The van der Waals surface area contributed by atoms with Crippen LogP contribution in [0, 0.1) is 0 Å². The maximum absolute atomic E-state index is 5.20. The first-order valence-corrected chi connectivity index (χ1v) is 3.87. The molecule has 42 valence electrons. The monoisotopic (exact) mass is 296 g/mol. The van der Waals surface area contributed by atoms with Crippen molar-refractivity contribution in [1.29, 1.82) is 0 Å². The molecule has 2 radical (unpaired) electrons. The van der Waals surface area contributed by atoms with E-state index in [2.05, 4.69) is 20.8 Å². The molecule has 0 amide bonds. The second-order valence-electron chi connectivity index (χ2n) is 2.20. The summed E-state index contributed by atoms with van der Waals surface area (Å²) in [6.45, 7) is 6.34. The fraction of sp³-hybridized carbons (Fsp3) is 1.00. The molecule has 0 N–H and O–H groups in total. The van der Waals surface area contributed by atoms with Crippen LogP contribution < -0.4 is 0 Å². The van der Waals surface area contributed by atoms with Gasteiger partial charge in [-0.3, -0.25) is 0 Å². The van der Waals surface area contributed by atoms with E-state index >= 15 is 0 Å². The molecule has 7 heavy (non-hydrogen) atoms. The molecule has 2 heteroatoms. The van der Waals surface area contributed by atoms with Crippen molar-refractivity contribution in [1.82, 2.24) is 0 Å². The van der Waals surface area contributed by atoms with E-state index in [1.165, 1.54) is 0 Å². The van der Waals surface area contributed by atoms with E-state index in [-0.39, 0.29) is 5.60 Å². The Balaban J connectivity index is 3.36. The summed E-state index contributed by atoms with van der Waals surface area (Å²) in [6.07, 6.45) is 1.10. The zero-order valence-electron chi connectivity index (χ0n) is 5.06. The summed E-state index contributed by atoms with van der Waals surface area (Å²) in [5.74, 6) is 0. The van der Waals surface area contributed by atoms with Crippen LogP contribution in [0.1, 0.15) is 27.2 Å². The van der Waals surface area contributed by atoms with Crippen LogP contribution in [0.5, 0.6) is 0 Å². The van der Waals surface area contributed by atoms with E-state index in [0.717, 1.165) is 31.6 Å². The van der Waals surface area contributed by atoms with E-state index in [4.69, 9.17) is 2.81 Å². The summed E-state index contributed by atoms with van der Waals surface area (Å²) in [5, 5.41) is 0. The van der Waals surface area contributed by atoms with Gasteiger partial charge in [0.1, 0.15) is 0 Å². The van der Waals surface area contributed by atoms with Crippen molar-refractivity contribution < 1.29 is 2.81 Å². The predicted octanol–water partition coefficient (Wildman–Crippen LogP) is 1.28. The van der Waals surface area contributed by atoms with Crippen molar-refractivity contribution in [2.24, 2.45) is 0 Å². The summed E-state index contributed by atoms with van der Waals surface area (Å²) >= 11 is 1.03. The summed E-state index contributed by atoms with van der Waals surface area (Å²) in [7, 11) is 0. The van der Waals surface area contributed by atoms with Crippen LogP contribution in [0.4, 0.5) is 0 Å². The van der Waals surface area contributed by atoms with Gasteiger partial charge in [0.2, 0.25) is 0 Å². The fourth-order valence-corrected chi connectivity index (χ4v) is 0.566. The molecule has 0 aliphatic rings. The van der Waals surface area contributed by atoms with Gasteiger partial charge in [-0.05, 0) is 0 Å². The second-order valence-corrected chi connectivity index (χ2v) is 2.91. The van der Waals surface area contributed by atoms with E-state index in [1.54, 1.807) is 0 Å². The molecule has 0 heterocycles. The first kappa shape index (κ1) is 7.84. The standard InChI is InChI=1S/C5H11O.Bi/c1-4-5(2,3)6;/h4H2,1-3H3;/q-1;+1. The van der Waals surface area contributed by atoms with Gasteiger partial charge in [-0.25, -0.2) is 0 Å². The summed E-state index contributed by atoms with van der Waals surface area (Å²) in [5.41, 5.74) is 0.133. The van der Waals surface area contributed by atoms with Crippen LogP contribution in [0.25, 0.3) is 0 Å². The van der Waals surface area contributed by atoms with Gasteiger partial charge in [-0.15, -0.1) is 0 Å². The van der Waals surface area contributed by atoms with Gasteiger partial charge in [0, 0.05) is 0 Å². The Hall–Kier alpha value is 0.843. The molecule has 0 aromatic carbocycles. The van der Waals surface area contributed by atoms with Crippen molar-refractivity contribution in [2.45, 2.75) is 32.8 Å². The third kappa shape index (κ3) is 3.43. The Morgan fingerprint density at radius 2 is 2.00 bits per heavy atom. The van der Waals surface area contributed by atoms with Gasteiger partial charge in [-0.1, -0.05) is 0 Å². The van der Waals surface area contributed by atoms with E-state index in [1.807, 2.05) is 0 Å². The Labute approximate surface area is 60.9 Å². The van der Waals surface area contributed by atoms with Crippen molar-refractivity contribution >= 4 is 25.2 Å². The molecule has 0 unspecified atom stereocenters. The molecule has 0 aromatic rings. The van der Waals surface area contributed by atoms with Gasteiger partial charge in [0.25, 0.3) is 0 Å². The maximum atomic E-state index is 5.20. The van der Waals surface area contributed by atoms with Crippen molar-refractivity contribution in [3.05, 3.63) is 0 Å². The fourth-order valence-electron chi connectivity index (χ4n) is 0.0645. The van der Waals surface area contributed by atoms with Crippen LogP contribution >= 0.6 is 0 Å². The molecule has 0 atom stereocenters. The molecule has 1 nitrogen and oxygen atoms in total. The average Bonchev–Trinajstić information content (AvgIpc) is 1.68.